The highest BCUT2D eigenvalue weighted by molar-refractivity contribution is 6.32. The van der Waals surface area contributed by atoms with Crippen LogP contribution in [0.3, 0.4) is 0 Å². The summed E-state index contributed by atoms with van der Waals surface area (Å²) < 4.78 is 7.87. The zero-order valence-corrected chi connectivity index (χ0v) is 20.0. The molecule has 0 radical (unpaired) electrons. The first-order chi connectivity index (χ1) is 15.8. The molecule has 2 aromatic heterocycles. The van der Waals surface area contributed by atoms with Crippen molar-refractivity contribution in [2.45, 2.75) is 46.6 Å². The average molecular weight is 466 g/mol. The van der Waals surface area contributed by atoms with Crippen molar-refractivity contribution in [3.63, 3.8) is 0 Å². The van der Waals surface area contributed by atoms with Crippen LogP contribution in [0.4, 0.5) is 0 Å². The minimum atomic E-state index is -0.964. The van der Waals surface area contributed by atoms with Gasteiger partial charge in [0.2, 0.25) is 0 Å². The van der Waals surface area contributed by atoms with Crippen molar-refractivity contribution in [2.75, 3.05) is 6.61 Å². The fourth-order valence-corrected chi connectivity index (χ4v) is 4.41. The second kappa shape index (κ2) is 9.32. The molecule has 4 rings (SSSR count). The van der Waals surface area contributed by atoms with E-state index in [1.54, 1.807) is 6.20 Å². The molecule has 172 valence electrons. The highest BCUT2D eigenvalue weighted by atomic mass is 35.5. The Morgan fingerprint density at radius 3 is 2.61 bits per heavy atom. The molecule has 0 fully saturated rings. The van der Waals surface area contributed by atoms with Gasteiger partial charge >= 0.3 is 5.97 Å². The van der Waals surface area contributed by atoms with Crippen LogP contribution in [-0.2, 0) is 6.42 Å². The van der Waals surface area contributed by atoms with E-state index in [0.717, 1.165) is 49.6 Å². The maximum absolute atomic E-state index is 12.0. The predicted octanol–water partition coefficient (Wildman–Crippen LogP) is 6.59. The van der Waals surface area contributed by atoms with Crippen LogP contribution < -0.4 is 4.74 Å². The van der Waals surface area contributed by atoms with Gasteiger partial charge in [0.05, 0.1) is 17.8 Å². The van der Waals surface area contributed by atoms with Gasteiger partial charge in [-0.25, -0.2) is 4.79 Å². The summed E-state index contributed by atoms with van der Waals surface area (Å²) in [6.07, 6.45) is 3.04. The Morgan fingerprint density at radius 1 is 1.21 bits per heavy atom. The molecule has 0 saturated heterocycles. The third-order valence-corrected chi connectivity index (χ3v) is 6.44. The van der Waals surface area contributed by atoms with Gasteiger partial charge in [-0.15, -0.1) is 0 Å². The third-order valence-electron chi connectivity index (χ3n) is 5.84. The summed E-state index contributed by atoms with van der Waals surface area (Å²) in [6.45, 7) is 8.53. The number of nitrogens with zero attached hydrogens (tertiary/aromatic N) is 2. The molecule has 0 amide bonds. The van der Waals surface area contributed by atoms with E-state index in [0.29, 0.717) is 19.4 Å². The van der Waals surface area contributed by atoms with Gasteiger partial charge in [-0.1, -0.05) is 29.8 Å². The van der Waals surface area contributed by atoms with Crippen LogP contribution in [-0.4, -0.2) is 32.4 Å². The van der Waals surface area contributed by atoms with Gasteiger partial charge in [0.1, 0.15) is 11.4 Å². The minimum Gasteiger partial charge on any atom is -0.494 e. The SMILES string of the molecule is Cc1cc(OCCCc2c(C(=O)O)[nH]c3c(-c4ccnn4C(C)C)cccc23)cc(C)c1Cl. The van der Waals surface area contributed by atoms with E-state index in [1.807, 2.05) is 54.9 Å². The van der Waals surface area contributed by atoms with Gasteiger partial charge < -0.3 is 14.8 Å². The molecule has 6 nitrogen and oxygen atoms in total. The summed E-state index contributed by atoms with van der Waals surface area (Å²) in [7, 11) is 0. The zero-order chi connectivity index (χ0) is 23.7. The number of aromatic carboxylic acids is 1. The summed E-state index contributed by atoms with van der Waals surface area (Å²) in [4.78, 5) is 15.2. The Morgan fingerprint density at radius 2 is 1.94 bits per heavy atom. The number of halogens is 1. The lowest BCUT2D eigenvalue weighted by Crippen LogP contribution is -2.04. The average Bonchev–Trinajstić information content (AvgIpc) is 3.40. The number of nitrogens with one attached hydrogen (secondary N) is 1. The smallest absolute Gasteiger partial charge is 0.352 e. The van der Waals surface area contributed by atoms with Gasteiger partial charge in [0.15, 0.2) is 0 Å². The quantitative estimate of drug-likeness (QED) is 0.287. The standard InChI is InChI=1S/C26H28ClN3O3/c1-15(2)30-22(10-11-28-30)21-8-5-7-19-20(25(26(31)32)29-24(19)21)9-6-12-33-18-13-16(3)23(27)17(4)14-18/h5,7-8,10-11,13-15,29H,6,9,12H2,1-4H3,(H,31,32). The number of hydrogen-bond acceptors (Lipinski definition) is 3. The number of fused-ring (bicyclic) bond motifs is 1. The first-order valence-electron chi connectivity index (χ1n) is 11.1. The molecule has 2 aromatic carbocycles. The number of carboxylic acids is 1. The molecule has 0 atom stereocenters. The Balaban J connectivity index is 1.60. The van der Waals surface area contributed by atoms with E-state index in [4.69, 9.17) is 16.3 Å². The summed E-state index contributed by atoms with van der Waals surface area (Å²) in [5.74, 6) is -0.189. The zero-order valence-electron chi connectivity index (χ0n) is 19.3. The highest BCUT2D eigenvalue weighted by Gasteiger charge is 2.20. The van der Waals surface area contributed by atoms with E-state index in [-0.39, 0.29) is 11.7 Å². The largest absolute Gasteiger partial charge is 0.494 e. The summed E-state index contributed by atoms with van der Waals surface area (Å²) in [6, 6.07) is 11.9. The fraction of sp³-hybridized carbons (Fsp3) is 0.308. The van der Waals surface area contributed by atoms with Crippen LogP contribution in [0.5, 0.6) is 5.75 Å². The number of aromatic nitrogens is 3. The van der Waals surface area contributed by atoms with Crippen LogP contribution in [0, 0.1) is 13.8 Å². The summed E-state index contributed by atoms with van der Waals surface area (Å²) in [5.41, 5.74) is 5.69. The van der Waals surface area contributed by atoms with Gasteiger partial charge in [-0.3, -0.25) is 4.68 Å². The molecule has 0 spiro atoms. The summed E-state index contributed by atoms with van der Waals surface area (Å²) in [5, 5.41) is 16.0. The number of carbonyl (C=O) groups is 1. The fourth-order valence-electron chi connectivity index (χ4n) is 4.30. The number of carboxylic acid groups (broad SMARTS) is 1. The molecule has 33 heavy (non-hydrogen) atoms. The minimum absolute atomic E-state index is 0.191. The number of para-hydroxylation sites is 1. The third kappa shape index (κ3) is 4.48. The molecule has 4 aromatic rings. The van der Waals surface area contributed by atoms with Crippen molar-refractivity contribution >= 4 is 28.5 Å². The number of hydrogen-bond donors (Lipinski definition) is 2. The van der Waals surface area contributed by atoms with Gasteiger partial charge in [0.25, 0.3) is 0 Å². The normalized spacial score (nSPS) is 11.5. The number of rotatable bonds is 8. The Labute approximate surface area is 198 Å². The molecular formula is C26H28ClN3O3. The lowest BCUT2D eigenvalue weighted by atomic mass is 10.0. The van der Waals surface area contributed by atoms with Crippen molar-refractivity contribution in [1.29, 1.82) is 0 Å². The van der Waals surface area contributed by atoms with Crippen LogP contribution in [0.25, 0.3) is 22.2 Å². The number of aryl methyl sites for hydroxylation is 3. The second-order valence-electron chi connectivity index (χ2n) is 8.59. The van der Waals surface area contributed by atoms with Crippen LogP contribution in [0.15, 0.2) is 42.6 Å². The van der Waals surface area contributed by atoms with Gasteiger partial charge in [-0.05, 0) is 75.4 Å². The summed E-state index contributed by atoms with van der Waals surface area (Å²) >= 11 is 6.24. The molecule has 0 saturated carbocycles. The van der Waals surface area contributed by atoms with Crippen molar-refractivity contribution in [3.8, 4) is 17.0 Å². The molecular weight excluding hydrogens is 438 g/mol. The molecule has 0 aliphatic carbocycles. The van der Waals surface area contributed by atoms with Crippen molar-refractivity contribution in [2.24, 2.45) is 0 Å². The maximum Gasteiger partial charge on any atom is 0.352 e. The molecule has 0 aliphatic rings. The Bertz CT molecular complexity index is 1300. The topological polar surface area (TPSA) is 80.1 Å². The van der Waals surface area contributed by atoms with Crippen molar-refractivity contribution in [1.82, 2.24) is 14.8 Å². The van der Waals surface area contributed by atoms with Crippen LogP contribution in [0.2, 0.25) is 5.02 Å². The molecule has 7 heteroatoms. The van der Waals surface area contributed by atoms with E-state index in [2.05, 4.69) is 23.9 Å². The Kier molecular flexibility index (Phi) is 6.47. The number of ether oxygens (including phenoxy) is 1. The molecule has 0 unspecified atom stereocenters. The Hall–Kier alpha value is -3.25. The van der Waals surface area contributed by atoms with Gasteiger partial charge in [0, 0.05) is 28.2 Å². The molecule has 2 heterocycles. The molecule has 0 bridgehead atoms. The van der Waals surface area contributed by atoms with E-state index < -0.39 is 5.97 Å². The first-order valence-corrected chi connectivity index (χ1v) is 11.5. The highest BCUT2D eigenvalue weighted by Crippen LogP contribution is 2.33. The second-order valence-corrected chi connectivity index (χ2v) is 8.97. The maximum atomic E-state index is 12.0. The predicted molar refractivity (Wildman–Crippen MR) is 132 cm³/mol. The monoisotopic (exact) mass is 465 g/mol. The van der Waals surface area contributed by atoms with Crippen LogP contribution in [0.1, 0.15) is 53.5 Å². The van der Waals surface area contributed by atoms with Crippen molar-refractivity contribution in [3.05, 3.63) is 70.0 Å². The molecule has 0 aliphatic heterocycles. The lowest BCUT2D eigenvalue weighted by Gasteiger charge is -2.12. The van der Waals surface area contributed by atoms with E-state index in [9.17, 15) is 9.90 Å². The van der Waals surface area contributed by atoms with E-state index >= 15 is 0 Å². The first kappa shape index (κ1) is 22.9. The van der Waals surface area contributed by atoms with E-state index in [1.165, 1.54) is 0 Å². The lowest BCUT2D eigenvalue weighted by molar-refractivity contribution is 0.0690. The van der Waals surface area contributed by atoms with Crippen LogP contribution >= 0.6 is 11.6 Å². The number of H-pyrrole nitrogens is 1. The molecule has 2 N–H and O–H groups in total. The van der Waals surface area contributed by atoms with Crippen molar-refractivity contribution < 1.29 is 14.6 Å². The number of aromatic amines is 1. The number of benzene rings is 2. The van der Waals surface area contributed by atoms with Gasteiger partial charge in [-0.2, -0.15) is 5.10 Å².